The van der Waals surface area contributed by atoms with Crippen molar-refractivity contribution in [2.75, 3.05) is 6.26 Å². The SMILES string of the molecule is CC(C)(C)ONS(C)(=O)=O. The molecule has 0 saturated carbocycles. The number of rotatable bonds is 2. The average molecular weight is 167 g/mol. The van der Waals surface area contributed by atoms with Crippen molar-refractivity contribution in [1.29, 1.82) is 0 Å². The van der Waals surface area contributed by atoms with E-state index in [0.717, 1.165) is 6.26 Å². The monoisotopic (exact) mass is 167 g/mol. The van der Waals surface area contributed by atoms with Gasteiger partial charge in [-0.25, -0.2) is 8.42 Å². The Hall–Kier alpha value is -0.130. The number of sulfonamides is 1. The Balaban J connectivity index is 3.79. The standard InChI is InChI=1S/C5H13NO3S/c1-5(2,3)9-6-10(4,7)8/h6H,1-4H3. The van der Waals surface area contributed by atoms with Gasteiger partial charge in [0.25, 0.3) is 0 Å². The van der Waals surface area contributed by atoms with Gasteiger partial charge in [-0.2, -0.15) is 0 Å². The molecule has 0 unspecified atom stereocenters. The van der Waals surface area contributed by atoms with Crippen LogP contribution < -0.4 is 4.89 Å². The van der Waals surface area contributed by atoms with E-state index in [2.05, 4.69) is 0 Å². The molecule has 5 heteroatoms. The Morgan fingerprint density at radius 2 is 1.70 bits per heavy atom. The molecule has 0 radical (unpaired) electrons. The smallest absolute Gasteiger partial charge is 0.230 e. The van der Waals surface area contributed by atoms with Gasteiger partial charge in [0.05, 0.1) is 11.9 Å². The summed E-state index contributed by atoms with van der Waals surface area (Å²) in [4.78, 5) is 6.69. The molecule has 0 atom stereocenters. The molecule has 0 amide bonds. The first-order valence-corrected chi connectivity index (χ1v) is 4.75. The van der Waals surface area contributed by atoms with Gasteiger partial charge in [0.1, 0.15) is 0 Å². The molecule has 0 bridgehead atoms. The first-order valence-electron chi connectivity index (χ1n) is 2.85. The van der Waals surface area contributed by atoms with Crippen molar-refractivity contribution in [3.8, 4) is 0 Å². The highest BCUT2D eigenvalue weighted by atomic mass is 32.2. The highest BCUT2D eigenvalue weighted by molar-refractivity contribution is 7.88. The molecule has 0 aliphatic rings. The molecule has 0 heterocycles. The summed E-state index contributed by atoms with van der Waals surface area (Å²) in [7, 11) is -3.23. The van der Waals surface area contributed by atoms with Crippen LogP contribution >= 0.6 is 0 Å². The highest BCUT2D eigenvalue weighted by Crippen LogP contribution is 2.03. The molecule has 0 aliphatic heterocycles. The molecule has 62 valence electrons. The Bertz CT molecular complexity index is 189. The minimum absolute atomic E-state index is 0.483. The second-order valence-electron chi connectivity index (χ2n) is 3.07. The van der Waals surface area contributed by atoms with E-state index in [-0.39, 0.29) is 0 Å². The van der Waals surface area contributed by atoms with Crippen LogP contribution in [0.15, 0.2) is 0 Å². The minimum Gasteiger partial charge on any atom is -0.281 e. The second-order valence-corrected chi connectivity index (χ2v) is 4.78. The van der Waals surface area contributed by atoms with Gasteiger partial charge in [-0.1, -0.05) is 4.89 Å². The summed E-state index contributed by atoms with van der Waals surface area (Å²) < 4.78 is 20.9. The Morgan fingerprint density at radius 1 is 1.30 bits per heavy atom. The highest BCUT2D eigenvalue weighted by Gasteiger charge is 2.12. The maximum absolute atomic E-state index is 10.4. The predicted octanol–water partition coefficient (Wildman–Crippen LogP) is 0.266. The topological polar surface area (TPSA) is 55.4 Å². The van der Waals surface area contributed by atoms with E-state index in [9.17, 15) is 8.42 Å². The van der Waals surface area contributed by atoms with Gasteiger partial charge in [0, 0.05) is 0 Å². The lowest BCUT2D eigenvalue weighted by molar-refractivity contribution is -0.0354. The number of hydrogen-bond acceptors (Lipinski definition) is 3. The fourth-order valence-electron chi connectivity index (χ4n) is 0.201. The third kappa shape index (κ3) is 7.87. The molecule has 0 aromatic heterocycles. The van der Waals surface area contributed by atoms with E-state index in [1.54, 1.807) is 20.8 Å². The summed E-state index contributed by atoms with van der Waals surface area (Å²) in [5.41, 5.74) is -0.483. The molecule has 0 rings (SSSR count). The van der Waals surface area contributed by atoms with Gasteiger partial charge in [0.15, 0.2) is 0 Å². The van der Waals surface area contributed by atoms with Crippen LogP contribution in [0.5, 0.6) is 0 Å². The van der Waals surface area contributed by atoms with Crippen LogP contribution in [0.2, 0.25) is 0 Å². The fourth-order valence-corrected chi connectivity index (χ4v) is 0.602. The van der Waals surface area contributed by atoms with Gasteiger partial charge in [-0.05, 0) is 20.8 Å². The van der Waals surface area contributed by atoms with Crippen molar-refractivity contribution in [3.05, 3.63) is 0 Å². The zero-order valence-electron chi connectivity index (χ0n) is 6.63. The Morgan fingerprint density at radius 3 is 1.80 bits per heavy atom. The average Bonchev–Trinajstić information content (AvgIpc) is 1.57. The summed E-state index contributed by atoms with van der Waals surface area (Å²) in [6, 6.07) is 0. The van der Waals surface area contributed by atoms with E-state index in [4.69, 9.17) is 4.84 Å². The molecule has 1 N–H and O–H groups in total. The molecule has 0 spiro atoms. The predicted molar refractivity (Wildman–Crippen MR) is 38.8 cm³/mol. The van der Waals surface area contributed by atoms with Crippen LogP contribution in [0.25, 0.3) is 0 Å². The zero-order valence-corrected chi connectivity index (χ0v) is 7.45. The van der Waals surface area contributed by atoms with Gasteiger partial charge in [-0.3, -0.25) is 4.84 Å². The van der Waals surface area contributed by atoms with Crippen LogP contribution in [0, 0.1) is 0 Å². The lowest BCUT2D eigenvalue weighted by Gasteiger charge is -2.17. The third-order valence-corrected chi connectivity index (χ3v) is 0.885. The zero-order chi connectivity index (χ0) is 8.41. The van der Waals surface area contributed by atoms with Crippen molar-refractivity contribution in [2.24, 2.45) is 0 Å². The molecule has 0 fully saturated rings. The summed E-state index contributed by atoms with van der Waals surface area (Å²) in [5.74, 6) is 0. The molecule has 0 aliphatic carbocycles. The van der Waals surface area contributed by atoms with Gasteiger partial charge >= 0.3 is 0 Å². The Kier molecular flexibility index (Phi) is 2.82. The van der Waals surface area contributed by atoms with E-state index in [0.29, 0.717) is 0 Å². The number of hydrogen-bond donors (Lipinski definition) is 1. The van der Waals surface area contributed by atoms with E-state index < -0.39 is 15.6 Å². The lowest BCUT2D eigenvalue weighted by Crippen LogP contribution is -2.32. The van der Waals surface area contributed by atoms with Crippen LogP contribution in [0.3, 0.4) is 0 Å². The summed E-state index contributed by atoms with van der Waals surface area (Å²) >= 11 is 0. The minimum atomic E-state index is -3.23. The van der Waals surface area contributed by atoms with E-state index >= 15 is 0 Å². The molecule has 10 heavy (non-hydrogen) atoms. The fraction of sp³-hybridized carbons (Fsp3) is 1.00. The van der Waals surface area contributed by atoms with E-state index in [1.165, 1.54) is 0 Å². The number of nitrogens with one attached hydrogen (secondary N) is 1. The summed E-state index contributed by atoms with van der Waals surface area (Å²) in [6.07, 6.45) is 1.04. The van der Waals surface area contributed by atoms with Gasteiger partial charge < -0.3 is 0 Å². The second kappa shape index (κ2) is 2.86. The first kappa shape index (κ1) is 9.87. The summed E-state index contributed by atoms with van der Waals surface area (Å²) in [5, 5.41) is 0. The van der Waals surface area contributed by atoms with Crippen LogP contribution in [-0.2, 0) is 14.9 Å². The maximum Gasteiger partial charge on any atom is 0.230 e. The van der Waals surface area contributed by atoms with Gasteiger partial charge in [-0.15, -0.1) is 0 Å². The molecule has 0 aromatic carbocycles. The largest absolute Gasteiger partial charge is 0.281 e. The van der Waals surface area contributed by atoms with Gasteiger partial charge in [0.2, 0.25) is 10.0 Å². The van der Waals surface area contributed by atoms with Crippen LogP contribution in [0.1, 0.15) is 20.8 Å². The van der Waals surface area contributed by atoms with Crippen molar-refractivity contribution in [1.82, 2.24) is 4.89 Å². The summed E-state index contributed by atoms with van der Waals surface area (Å²) in [6.45, 7) is 5.27. The van der Waals surface area contributed by atoms with Crippen molar-refractivity contribution < 1.29 is 13.3 Å². The first-order chi connectivity index (χ1) is 4.21. The van der Waals surface area contributed by atoms with Crippen LogP contribution in [0.4, 0.5) is 0 Å². The molecule has 0 saturated heterocycles. The Labute approximate surface area is 61.6 Å². The van der Waals surface area contributed by atoms with Crippen molar-refractivity contribution in [3.63, 3.8) is 0 Å². The molecular weight excluding hydrogens is 154 g/mol. The molecule has 4 nitrogen and oxygen atoms in total. The van der Waals surface area contributed by atoms with Crippen LogP contribution in [-0.4, -0.2) is 20.3 Å². The third-order valence-electron chi connectivity index (χ3n) is 0.499. The van der Waals surface area contributed by atoms with Crippen molar-refractivity contribution in [2.45, 2.75) is 26.4 Å². The van der Waals surface area contributed by atoms with Crippen molar-refractivity contribution >= 4 is 10.0 Å². The molecule has 0 aromatic rings. The maximum atomic E-state index is 10.4. The molecular formula is C5H13NO3S. The quantitative estimate of drug-likeness (QED) is 0.600. The normalized spacial score (nSPS) is 13.6. The lowest BCUT2D eigenvalue weighted by atomic mass is 10.2. The van der Waals surface area contributed by atoms with E-state index in [1.807, 2.05) is 4.89 Å².